The van der Waals surface area contributed by atoms with E-state index in [1.54, 1.807) is 22.5 Å². The number of benzene rings is 1. The number of rotatable bonds is 15. The van der Waals surface area contributed by atoms with Crippen LogP contribution >= 0.6 is 0 Å². The molecule has 172 valence electrons. The molecule has 1 unspecified atom stereocenters. The summed E-state index contributed by atoms with van der Waals surface area (Å²) in [6.45, 7) is 9.74. The van der Waals surface area contributed by atoms with E-state index in [2.05, 4.69) is 50.8 Å². The van der Waals surface area contributed by atoms with Crippen molar-refractivity contribution in [3.8, 4) is 0 Å². The van der Waals surface area contributed by atoms with Crippen LogP contribution in [0.1, 0.15) is 103 Å². The average molecular weight is 445 g/mol. The molecule has 1 aromatic rings. The Bertz CT molecular complexity index is 537. The summed E-state index contributed by atoms with van der Waals surface area (Å²) in [5.74, 6) is 1.07. The normalized spacial score (nSPS) is 16.7. The molecule has 0 aliphatic heterocycles. The number of unbranched alkanes of at least 4 members (excludes halogenated alkanes) is 7. The second-order valence-corrected chi connectivity index (χ2v) is 19.6. The van der Waals surface area contributed by atoms with Crippen molar-refractivity contribution >= 4 is 27.2 Å². The van der Waals surface area contributed by atoms with E-state index in [-0.39, 0.29) is 0 Å². The minimum absolute atomic E-state index is 0.787. The van der Waals surface area contributed by atoms with Crippen molar-refractivity contribution in [2.24, 2.45) is 5.92 Å². The zero-order chi connectivity index (χ0) is 21.7. The smallest absolute Gasteiger partial charge is 0.0656 e. The Morgan fingerprint density at radius 2 is 1.30 bits per heavy atom. The van der Waals surface area contributed by atoms with Crippen LogP contribution in [0.2, 0.25) is 31.7 Å². The van der Waals surface area contributed by atoms with Crippen LogP contribution in [-0.4, -0.2) is 16.9 Å². The van der Waals surface area contributed by atoms with Crippen LogP contribution in [0.15, 0.2) is 24.3 Å². The van der Waals surface area contributed by atoms with Gasteiger partial charge in [-0.2, -0.15) is 0 Å². The first kappa shape index (κ1) is 25.9. The Balaban J connectivity index is 1.79. The van der Waals surface area contributed by atoms with Gasteiger partial charge in [0.05, 0.1) is 16.9 Å². The maximum atomic E-state index is 2.55. The lowest BCUT2D eigenvalue weighted by molar-refractivity contribution is 0.329. The summed E-state index contributed by atoms with van der Waals surface area (Å²) >= 11 is 0. The first-order valence-corrected chi connectivity index (χ1v) is 19.3. The van der Waals surface area contributed by atoms with E-state index in [0.717, 1.165) is 5.92 Å². The molecule has 0 spiro atoms. The van der Waals surface area contributed by atoms with Gasteiger partial charge >= 0.3 is 0 Å². The fourth-order valence-corrected chi connectivity index (χ4v) is 9.80. The molecule has 0 saturated heterocycles. The third-order valence-corrected chi connectivity index (χ3v) is 13.1. The summed E-state index contributed by atoms with van der Waals surface area (Å²) in [5, 5.41) is 3.39. The van der Waals surface area contributed by atoms with E-state index in [9.17, 15) is 0 Å². The molecule has 1 aromatic carbocycles. The van der Waals surface area contributed by atoms with E-state index < -0.39 is 16.9 Å². The van der Waals surface area contributed by atoms with Gasteiger partial charge in [-0.15, -0.1) is 0 Å². The van der Waals surface area contributed by atoms with Crippen molar-refractivity contribution in [1.82, 2.24) is 0 Å². The predicted octanol–water partition coefficient (Wildman–Crippen LogP) is 8.17. The fourth-order valence-electron chi connectivity index (χ4n) is 5.38. The Morgan fingerprint density at radius 3 is 1.90 bits per heavy atom. The second kappa shape index (κ2) is 14.7. The van der Waals surface area contributed by atoms with Gasteiger partial charge in [0.15, 0.2) is 0 Å². The summed E-state index contributed by atoms with van der Waals surface area (Å²) in [4.78, 5) is 0. The van der Waals surface area contributed by atoms with Crippen molar-refractivity contribution in [3.05, 3.63) is 24.3 Å². The lowest BCUT2D eigenvalue weighted by Gasteiger charge is -2.22. The van der Waals surface area contributed by atoms with E-state index in [0.29, 0.717) is 0 Å². The molecular weight excluding hydrogens is 392 g/mol. The molecule has 30 heavy (non-hydrogen) atoms. The minimum atomic E-state index is -1.17. The van der Waals surface area contributed by atoms with Crippen LogP contribution in [-0.2, 0) is 0 Å². The molecule has 1 atom stereocenters. The molecule has 0 radical (unpaired) electrons. The molecule has 1 fully saturated rings. The summed E-state index contributed by atoms with van der Waals surface area (Å²) in [7, 11) is -1.96. The molecule has 1 aliphatic rings. The molecule has 0 heterocycles. The maximum Gasteiger partial charge on any atom is 0.0775 e. The van der Waals surface area contributed by atoms with Crippen molar-refractivity contribution in [1.29, 1.82) is 0 Å². The summed E-state index contributed by atoms with van der Waals surface area (Å²) in [6, 6.07) is 13.2. The number of hydrogen-bond acceptors (Lipinski definition) is 0. The van der Waals surface area contributed by atoms with Gasteiger partial charge in [-0.05, 0) is 5.92 Å². The predicted molar refractivity (Wildman–Crippen MR) is 144 cm³/mol. The van der Waals surface area contributed by atoms with Crippen molar-refractivity contribution in [2.75, 3.05) is 0 Å². The molecule has 2 rings (SSSR count). The lowest BCUT2D eigenvalue weighted by Crippen LogP contribution is -2.39. The van der Waals surface area contributed by atoms with E-state index in [1.165, 1.54) is 96.3 Å². The highest BCUT2D eigenvalue weighted by atomic mass is 28.3. The Kier molecular flexibility index (Phi) is 12.7. The topological polar surface area (TPSA) is 0 Å². The standard InChI is InChI=1S/C28H52Si2/c1-5-6-7-8-9-15-24-29(27-20-22-28(23-21-27)30(2,3)4)25-16-11-14-19-26-17-12-10-13-18-26/h20-23,26,29H,5-19,24-25H2,1-4H3. The van der Waals surface area contributed by atoms with E-state index in [4.69, 9.17) is 0 Å². The van der Waals surface area contributed by atoms with Gasteiger partial charge < -0.3 is 0 Å². The molecule has 2 heteroatoms. The zero-order valence-electron chi connectivity index (χ0n) is 21.0. The average Bonchev–Trinajstić information content (AvgIpc) is 2.74. The summed E-state index contributed by atoms with van der Waals surface area (Å²) < 4.78 is 0. The van der Waals surface area contributed by atoms with E-state index >= 15 is 0 Å². The first-order chi connectivity index (χ1) is 14.5. The highest BCUT2D eigenvalue weighted by Gasteiger charge is 2.18. The van der Waals surface area contributed by atoms with Crippen molar-refractivity contribution in [2.45, 2.75) is 135 Å². The lowest BCUT2D eigenvalue weighted by atomic mass is 9.86. The molecule has 1 saturated carbocycles. The van der Waals surface area contributed by atoms with Crippen LogP contribution in [0.3, 0.4) is 0 Å². The van der Waals surface area contributed by atoms with Gasteiger partial charge in [-0.25, -0.2) is 0 Å². The van der Waals surface area contributed by atoms with Crippen LogP contribution in [0, 0.1) is 5.92 Å². The van der Waals surface area contributed by atoms with Crippen molar-refractivity contribution < 1.29 is 0 Å². The third kappa shape index (κ3) is 10.3. The molecule has 0 amide bonds. The largest absolute Gasteiger partial charge is 0.0775 e. The molecule has 1 aliphatic carbocycles. The summed E-state index contributed by atoms with van der Waals surface area (Å²) in [6.07, 6.45) is 22.2. The SMILES string of the molecule is CCCCCCCC[SiH](CCCCCC1CCCCC1)c1ccc([Si](C)(C)C)cc1. The highest BCUT2D eigenvalue weighted by Crippen LogP contribution is 2.28. The maximum absolute atomic E-state index is 2.55. The van der Waals surface area contributed by atoms with Gasteiger partial charge in [0, 0.05) is 0 Å². The number of hydrogen-bond donors (Lipinski definition) is 0. The van der Waals surface area contributed by atoms with Crippen LogP contribution < -0.4 is 10.4 Å². The van der Waals surface area contributed by atoms with Gasteiger partial charge in [0.25, 0.3) is 0 Å². The summed E-state index contributed by atoms with van der Waals surface area (Å²) in [5.41, 5.74) is 0. The van der Waals surface area contributed by atoms with Crippen LogP contribution in [0.25, 0.3) is 0 Å². The molecular formula is C28H52Si2. The quantitative estimate of drug-likeness (QED) is 0.189. The van der Waals surface area contributed by atoms with Crippen LogP contribution in [0.4, 0.5) is 0 Å². The Hall–Kier alpha value is -0.346. The van der Waals surface area contributed by atoms with Crippen LogP contribution in [0.5, 0.6) is 0 Å². The monoisotopic (exact) mass is 444 g/mol. The molecule has 0 bridgehead atoms. The highest BCUT2D eigenvalue weighted by molar-refractivity contribution is 6.88. The molecule has 0 nitrogen and oxygen atoms in total. The second-order valence-electron chi connectivity index (χ2n) is 11.3. The minimum Gasteiger partial charge on any atom is -0.0656 e. The van der Waals surface area contributed by atoms with Gasteiger partial charge in [0.2, 0.25) is 0 Å². The van der Waals surface area contributed by atoms with Gasteiger partial charge in [-0.1, -0.05) is 170 Å². The fraction of sp³-hybridized carbons (Fsp3) is 0.786. The van der Waals surface area contributed by atoms with Gasteiger partial charge in [-0.3, -0.25) is 0 Å². The molecule has 0 aromatic heterocycles. The Labute approximate surface area is 192 Å². The van der Waals surface area contributed by atoms with Crippen molar-refractivity contribution in [3.63, 3.8) is 0 Å². The Morgan fingerprint density at radius 1 is 0.733 bits per heavy atom. The first-order valence-electron chi connectivity index (χ1n) is 13.6. The van der Waals surface area contributed by atoms with E-state index in [1.807, 2.05) is 0 Å². The van der Waals surface area contributed by atoms with Gasteiger partial charge in [0.1, 0.15) is 0 Å². The third-order valence-electron chi connectivity index (χ3n) is 7.54. The molecule has 0 N–H and O–H groups in total. The zero-order valence-corrected chi connectivity index (χ0v) is 23.1.